The normalized spacial score (nSPS) is 23.6. The number of benzene rings is 1. The molecule has 0 radical (unpaired) electrons. The van der Waals surface area contributed by atoms with Crippen molar-refractivity contribution in [2.45, 2.75) is 50.5 Å². The maximum absolute atomic E-state index is 14.2. The first-order chi connectivity index (χ1) is 15.5. The lowest BCUT2D eigenvalue weighted by molar-refractivity contribution is -0.121. The topological polar surface area (TPSA) is 52.6 Å². The number of hydrogen-bond acceptors (Lipinski definition) is 5. The van der Waals surface area contributed by atoms with E-state index in [2.05, 4.69) is 14.8 Å². The molecular formula is C24H27ClFN5O. The Morgan fingerprint density at radius 1 is 1.00 bits per heavy atom. The zero-order chi connectivity index (χ0) is 21.9. The van der Waals surface area contributed by atoms with E-state index < -0.39 is 5.82 Å². The summed E-state index contributed by atoms with van der Waals surface area (Å²) in [5, 5.41) is 0.0800. The van der Waals surface area contributed by atoms with Crippen LogP contribution in [0.2, 0.25) is 5.02 Å². The molecule has 1 saturated carbocycles. The van der Waals surface area contributed by atoms with E-state index in [-0.39, 0.29) is 16.5 Å². The van der Waals surface area contributed by atoms with Crippen LogP contribution in [0.5, 0.6) is 0 Å². The van der Waals surface area contributed by atoms with E-state index in [0.29, 0.717) is 17.5 Å². The fraction of sp³-hybridized carbons (Fsp3) is 0.542. The van der Waals surface area contributed by atoms with Crippen LogP contribution in [0.1, 0.15) is 44.9 Å². The SMILES string of the molecule is O=C1CCCC2(CCN(c3ccnc(N4CC5(CC5)C4)n3)CC2)N1c1ccc(Cl)c(F)c1. The van der Waals surface area contributed by atoms with Crippen molar-refractivity contribution in [2.75, 3.05) is 40.9 Å². The summed E-state index contributed by atoms with van der Waals surface area (Å²) in [6.45, 7) is 3.77. The van der Waals surface area contributed by atoms with E-state index >= 15 is 0 Å². The van der Waals surface area contributed by atoms with Crippen LogP contribution >= 0.6 is 11.6 Å². The van der Waals surface area contributed by atoms with Crippen LogP contribution < -0.4 is 14.7 Å². The predicted octanol–water partition coefficient (Wildman–Crippen LogP) is 4.43. The molecule has 4 aliphatic rings. The van der Waals surface area contributed by atoms with Gasteiger partial charge in [-0.3, -0.25) is 4.79 Å². The van der Waals surface area contributed by atoms with Crippen LogP contribution in [0.25, 0.3) is 0 Å². The summed E-state index contributed by atoms with van der Waals surface area (Å²) in [6, 6.07) is 6.68. The van der Waals surface area contributed by atoms with Gasteiger partial charge in [0.05, 0.1) is 10.6 Å². The molecule has 1 amide bonds. The average Bonchev–Trinajstić information content (AvgIpc) is 3.57. The number of halogens is 2. The molecule has 0 N–H and O–H groups in total. The number of amides is 1. The monoisotopic (exact) mass is 455 g/mol. The maximum atomic E-state index is 14.2. The molecule has 8 heteroatoms. The summed E-state index contributed by atoms with van der Waals surface area (Å²) in [4.78, 5) is 28.7. The number of aromatic nitrogens is 2. The van der Waals surface area contributed by atoms with Gasteiger partial charge in [0.2, 0.25) is 11.9 Å². The first-order valence-corrected chi connectivity index (χ1v) is 12.0. The van der Waals surface area contributed by atoms with Crippen molar-refractivity contribution in [2.24, 2.45) is 5.41 Å². The Morgan fingerprint density at radius 3 is 2.50 bits per heavy atom. The minimum atomic E-state index is -0.484. The molecule has 1 aromatic heterocycles. The lowest BCUT2D eigenvalue weighted by Crippen LogP contribution is -2.60. The molecule has 168 valence electrons. The molecule has 4 heterocycles. The Bertz CT molecular complexity index is 1060. The van der Waals surface area contributed by atoms with Crippen molar-refractivity contribution < 1.29 is 9.18 Å². The number of anilines is 3. The van der Waals surface area contributed by atoms with Crippen molar-refractivity contribution in [1.82, 2.24) is 9.97 Å². The van der Waals surface area contributed by atoms with E-state index in [9.17, 15) is 9.18 Å². The Morgan fingerprint density at radius 2 is 1.78 bits per heavy atom. The first kappa shape index (κ1) is 20.2. The van der Waals surface area contributed by atoms with E-state index in [4.69, 9.17) is 16.6 Å². The summed E-state index contributed by atoms with van der Waals surface area (Å²) in [5.41, 5.74) is 0.897. The lowest BCUT2D eigenvalue weighted by Gasteiger charge is -2.51. The Balaban J connectivity index is 1.20. The summed E-state index contributed by atoms with van der Waals surface area (Å²) in [7, 11) is 0. The fourth-order valence-corrected chi connectivity index (χ4v) is 5.91. The standard InChI is InChI=1S/C24H27ClFN5O/c25-18-4-3-17(14-19(18)26)31-21(32)2-1-6-24(31)9-12-29(13-10-24)20-5-11-27-22(28-20)30-15-23(16-30)7-8-23/h3-5,11,14H,1-2,6-10,12-13,15-16H2. The molecule has 0 bridgehead atoms. The van der Waals surface area contributed by atoms with E-state index in [0.717, 1.165) is 63.6 Å². The second-order valence-corrected chi connectivity index (χ2v) is 10.4. The highest BCUT2D eigenvalue weighted by Gasteiger charge is 2.53. The Hall–Kier alpha value is -2.41. The van der Waals surface area contributed by atoms with Gasteiger partial charge in [0, 0.05) is 49.9 Å². The van der Waals surface area contributed by atoms with Gasteiger partial charge in [0.15, 0.2) is 0 Å². The Kier molecular flexibility index (Phi) is 4.61. The van der Waals surface area contributed by atoms with Crippen molar-refractivity contribution in [3.63, 3.8) is 0 Å². The van der Waals surface area contributed by atoms with Gasteiger partial charge in [-0.05, 0) is 62.8 Å². The molecule has 0 atom stereocenters. The third kappa shape index (κ3) is 3.33. The summed E-state index contributed by atoms with van der Waals surface area (Å²) >= 11 is 5.89. The number of nitrogens with zero attached hydrogens (tertiary/aromatic N) is 5. The number of hydrogen-bond donors (Lipinski definition) is 0. The van der Waals surface area contributed by atoms with Gasteiger partial charge in [-0.25, -0.2) is 9.37 Å². The number of carbonyl (C=O) groups is 1. The molecule has 6 nitrogen and oxygen atoms in total. The minimum absolute atomic E-state index is 0.0718. The molecule has 1 aromatic carbocycles. The van der Waals surface area contributed by atoms with Gasteiger partial charge < -0.3 is 14.7 Å². The highest BCUT2D eigenvalue weighted by molar-refractivity contribution is 6.30. The van der Waals surface area contributed by atoms with Crippen LogP contribution in [0.3, 0.4) is 0 Å². The molecule has 2 aromatic rings. The zero-order valence-corrected chi connectivity index (χ0v) is 18.8. The van der Waals surface area contributed by atoms with Crippen molar-refractivity contribution in [1.29, 1.82) is 0 Å². The smallest absolute Gasteiger partial charge is 0.227 e. The van der Waals surface area contributed by atoms with E-state index in [1.54, 1.807) is 12.1 Å². The van der Waals surface area contributed by atoms with Gasteiger partial charge in [0.25, 0.3) is 0 Å². The maximum Gasteiger partial charge on any atom is 0.227 e. The largest absolute Gasteiger partial charge is 0.356 e. The highest BCUT2D eigenvalue weighted by atomic mass is 35.5. The minimum Gasteiger partial charge on any atom is -0.356 e. The second kappa shape index (κ2) is 7.30. The van der Waals surface area contributed by atoms with Crippen LogP contribution in [-0.2, 0) is 4.79 Å². The van der Waals surface area contributed by atoms with Crippen LogP contribution in [0.4, 0.5) is 21.8 Å². The van der Waals surface area contributed by atoms with Gasteiger partial charge in [-0.2, -0.15) is 4.98 Å². The fourth-order valence-electron chi connectivity index (χ4n) is 5.79. The van der Waals surface area contributed by atoms with Crippen molar-refractivity contribution >= 4 is 35.0 Å². The molecule has 1 aliphatic carbocycles. The van der Waals surface area contributed by atoms with Crippen molar-refractivity contribution in [3.05, 3.63) is 41.3 Å². The van der Waals surface area contributed by atoms with Crippen molar-refractivity contribution in [3.8, 4) is 0 Å². The zero-order valence-electron chi connectivity index (χ0n) is 18.1. The third-order valence-electron chi connectivity index (χ3n) is 7.86. The van der Waals surface area contributed by atoms with Gasteiger partial charge in [-0.1, -0.05) is 11.6 Å². The molecule has 2 spiro atoms. The quantitative estimate of drug-likeness (QED) is 0.685. The van der Waals surface area contributed by atoms with Gasteiger partial charge in [0.1, 0.15) is 11.6 Å². The molecule has 3 saturated heterocycles. The second-order valence-electron chi connectivity index (χ2n) is 9.96. The summed E-state index contributed by atoms with van der Waals surface area (Å²) in [6.07, 6.45) is 8.50. The average molecular weight is 456 g/mol. The van der Waals surface area contributed by atoms with Crippen LogP contribution in [0, 0.1) is 11.2 Å². The number of piperidine rings is 2. The van der Waals surface area contributed by atoms with Gasteiger partial charge >= 0.3 is 0 Å². The molecular weight excluding hydrogens is 429 g/mol. The molecule has 0 unspecified atom stereocenters. The summed E-state index contributed by atoms with van der Waals surface area (Å²) < 4.78 is 14.2. The number of rotatable bonds is 3. The number of carbonyl (C=O) groups excluding carboxylic acids is 1. The van der Waals surface area contributed by atoms with E-state index in [1.807, 2.05) is 17.2 Å². The van der Waals surface area contributed by atoms with Crippen LogP contribution in [-0.4, -0.2) is 47.6 Å². The molecule has 6 rings (SSSR count). The summed E-state index contributed by atoms with van der Waals surface area (Å²) in [5.74, 6) is 1.37. The predicted molar refractivity (Wildman–Crippen MR) is 123 cm³/mol. The molecule has 3 aliphatic heterocycles. The highest BCUT2D eigenvalue weighted by Crippen LogP contribution is 2.53. The van der Waals surface area contributed by atoms with Gasteiger partial charge in [-0.15, -0.1) is 0 Å². The van der Waals surface area contributed by atoms with Crippen LogP contribution in [0.15, 0.2) is 30.5 Å². The third-order valence-corrected chi connectivity index (χ3v) is 8.16. The van der Waals surface area contributed by atoms with E-state index in [1.165, 1.54) is 18.9 Å². The lowest BCUT2D eigenvalue weighted by atomic mass is 9.78. The first-order valence-electron chi connectivity index (χ1n) is 11.6. The Labute approximate surface area is 192 Å². The molecule has 32 heavy (non-hydrogen) atoms. The molecule has 4 fully saturated rings.